The Morgan fingerprint density at radius 3 is 2.62 bits per heavy atom. The van der Waals surface area contributed by atoms with Gasteiger partial charge in [0.2, 0.25) is 5.94 Å². The molecule has 1 N–H and O–H groups in total. The smallest absolute Gasteiger partial charge is 0.267 e. The fraction of sp³-hybridized carbons (Fsp3) is 0.333. The Kier molecular flexibility index (Phi) is 1.13. The second kappa shape index (κ2) is 1.66. The highest BCUT2D eigenvalue weighted by molar-refractivity contribution is 7.89. The van der Waals surface area contributed by atoms with Crippen LogP contribution in [0.5, 0.6) is 0 Å². The Hall–Kier alpha value is -0.710. The van der Waals surface area contributed by atoms with Gasteiger partial charge in [0.15, 0.2) is 0 Å². The molecule has 0 saturated heterocycles. The van der Waals surface area contributed by atoms with Gasteiger partial charge in [0, 0.05) is 6.20 Å². The van der Waals surface area contributed by atoms with E-state index in [1.165, 1.54) is 12.5 Å². The van der Waals surface area contributed by atoms with Crippen molar-refractivity contribution in [1.29, 1.82) is 0 Å². The highest BCUT2D eigenvalue weighted by atomic mass is 32.2. The summed E-state index contributed by atoms with van der Waals surface area (Å²) in [6.45, 7) is 0. The van der Waals surface area contributed by atoms with Crippen LogP contribution in [0.3, 0.4) is 0 Å². The van der Waals surface area contributed by atoms with Gasteiger partial charge in [-0.15, -0.1) is 0 Å². The van der Waals surface area contributed by atoms with Crippen molar-refractivity contribution >= 4 is 10.0 Å². The number of hydrogen-bond acceptors (Lipinski definition) is 3. The predicted molar refractivity (Wildman–Crippen MR) is 27.1 cm³/mol. The average molecular weight is 135 g/mol. The summed E-state index contributed by atoms with van der Waals surface area (Å²) >= 11 is 0. The number of nitrogens with one attached hydrogen (secondary N) is 1. The summed E-state index contributed by atoms with van der Waals surface area (Å²) in [6, 6.07) is 0. The molecule has 1 rings (SSSR count). The van der Waals surface area contributed by atoms with Crippen LogP contribution in [0.4, 0.5) is 0 Å². The van der Waals surface area contributed by atoms with Crippen LogP contribution in [0.15, 0.2) is 12.5 Å². The molecule has 0 unspecified atom stereocenters. The van der Waals surface area contributed by atoms with E-state index < -0.39 is 10.0 Å². The molecule has 0 aromatic rings. The van der Waals surface area contributed by atoms with E-state index in [0.29, 0.717) is 0 Å². The number of ether oxygens (including phenoxy) is 1. The molecule has 0 spiro atoms. The molecule has 5 heteroatoms. The first-order chi connectivity index (χ1) is 3.71. The Balaban J connectivity index is 2.79. The van der Waals surface area contributed by atoms with Gasteiger partial charge in [0.05, 0.1) is 0 Å². The van der Waals surface area contributed by atoms with Crippen molar-refractivity contribution in [3.05, 3.63) is 12.5 Å². The van der Waals surface area contributed by atoms with Gasteiger partial charge in [-0.25, -0.2) is 8.42 Å². The van der Waals surface area contributed by atoms with Gasteiger partial charge in [-0.2, -0.15) is 0 Å². The van der Waals surface area contributed by atoms with Crippen LogP contribution >= 0.6 is 0 Å². The summed E-state index contributed by atoms with van der Waals surface area (Å²) in [5, 5.41) is 0. The molecule has 0 amide bonds. The fourth-order valence-electron chi connectivity index (χ4n) is 0.342. The van der Waals surface area contributed by atoms with Gasteiger partial charge >= 0.3 is 0 Å². The van der Waals surface area contributed by atoms with E-state index >= 15 is 0 Å². The number of hydrogen-bond donors (Lipinski definition) is 1. The van der Waals surface area contributed by atoms with Crippen LogP contribution in [0, 0.1) is 0 Å². The zero-order chi connectivity index (χ0) is 6.04. The van der Waals surface area contributed by atoms with Gasteiger partial charge < -0.3 is 4.74 Å². The minimum atomic E-state index is -3.14. The molecule has 46 valence electrons. The largest absolute Gasteiger partial charge is 0.482 e. The van der Waals surface area contributed by atoms with E-state index in [-0.39, 0.29) is 5.94 Å². The zero-order valence-electron chi connectivity index (χ0n) is 3.99. The standard InChI is InChI=1S/C3H5NO3S/c5-8(6)3-7-2-1-4-8/h1-2,4H,3H2. The highest BCUT2D eigenvalue weighted by Crippen LogP contribution is 1.91. The molecule has 1 aliphatic rings. The van der Waals surface area contributed by atoms with Crippen molar-refractivity contribution < 1.29 is 13.2 Å². The number of sulfonamides is 1. The maximum atomic E-state index is 10.4. The Morgan fingerprint density at radius 2 is 2.38 bits per heavy atom. The van der Waals surface area contributed by atoms with Crippen LogP contribution in [0.25, 0.3) is 0 Å². The minimum absolute atomic E-state index is 0.274. The van der Waals surface area contributed by atoms with Gasteiger partial charge in [-0.1, -0.05) is 0 Å². The lowest BCUT2D eigenvalue weighted by molar-refractivity contribution is 0.296. The molecule has 0 aromatic carbocycles. The molecule has 0 aromatic heterocycles. The summed E-state index contributed by atoms with van der Waals surface area (Å²) in [7, 11) is -3.14. The zero-order valence-corrected chi connectivity index (χ0v) is 4.81. The third-order valence-electron chi connectivity index (χ3n) is 0.635. The molecule has 0 bridgehead atoms. The van der Waals surface area contributed by atoms with E-state index in [4.69, 9.17) is 0 Å². The van der Waals surface area contributed by atoms with E-state index in [0.717, 1.165) is 0 Å². The SMILES string of the molecule is O=S1(=O)COC=CN1. The normalized spacial score (nSPS) is 23.5. The topological polar surface area (TPSA) is 55.4 Å². The summed E-state index contributed by atoms with van der Waals surface area (Å²) in [4.78, 5) is 0. The molecule has 1 aliphatic heterocycles. The fourth-order valence-corrected chi connectivity index (χ4v) is 0.931. The van der Waals surface area contributed by atoms with Crippen molar-refractivity contribution in [2.45, 2.75) is 0 Å². The molecule has 1 heterocycles. The highest BCUT2D eigenvalue weighted by Gasteiger charge is 2.09. The molecular weight excluding hydrogens is 130 g/mol. The lowest BCUT2D eigenvalue weighted by Crippen LogP contribution is -2.25. The van der Waals surface area contributed by atoms with E-state index in [2.05, 4.69) is 9.46 Å². The first kappa shape index (κ1) is 5.43. The molecule has 0 saturated carbocycles. The Bertz CT molecular complexity index is 193. The monoisotopic (exact) mass is 135 g/mol. The first-order valence-corrected chi connectivity index (χ1v) is 3.62. The summed E-state index contributed by atoms with van der Waals surface area (Å²) in [6.07, 6.45) is 2.53. The first-order valence-electron chi connectivity index (χ1n) is 1.97. The lowest BCUT2D eigenvalue weighted by atomic mass is 11.0. The quantitative estimate of drug-likeness (QED) is 0.481. The Morgan fingerprint density at radius 1 is 1.62 bits per heavy atom. The summed E-state index contributed by atoms with van der Waals surface area (Å²) in [5.74, 6) is -0.274. The van der Waals surface area contributed by atoms with Crippen LogP contribution in [-0.2, 0) is 14.8 Å². The lowest BCUT2D eigenvalue weighted by Gasteiger charge is -2.06. The predicted octanol–water partition coefficient (Wildman–Crippen LogP) is -0.635. The molecule has 4 nitrogen and oxygen atoms in total. The van der Waals surface area contributed by atoms with Crippen LogP contribution in [0.1, 0.15) is 0 Å². The van der Waals surface area contributed by atoms with Crippen LogP contribution in [-0.4, -0.2) is 14.4 Å². The van der Waals surface area contributed by atoms with Crippen LogP contribution < -0.4 is 4.72 Å². The summed E-state index contributed by atoms with van der Waals surface area (Å²) < 4.78 is 27.3. The Labute approximate surface area is 47.2 Å². The third kappa shape index (κ3) is 1.13. The second-order valence-corrected chi connectivity index (χ2v) is 3.02. The van der Waals surface area contributed by atoms with E-state index in [1.54, 1.807) is 0 Å². The van der Waals surface area contributed by atoms with Gasteiger partial charge in [-0.05, 0) is 0 Å². The van der Waals surface area contributed by atoms with Crippen LogP contribution in [0.2, 0.25) is 0 Å². The van der Waals surface area contributed by atoms with Gasteiger partial charge in [0.1, 0.15) is 6.26 Å². The van der Waals surface area contributed by atoms with Crippen molar-refractivity contribution in [1.82, 2.24) is 4.72 Å². The van der Waals surface area contributed by atoms with E-state index in [1.807, 2.05) is 0 Å². The number of rotatable bonds is 0. The molecule has 0 fully saturated rings. The average Bonchev–Trinajstić information content (AvgIpc) is 1.65. The molecule has 0 radical (unpaired) electrons. The molecular formula is C3H5NO3S. The van der Waals surface area contributed by atoms with Crippen molar-refractivity contribution in [3.63, 3.8) is 0 Å². The maximum absolute atomic E-state index is 10.4. The van der Waals surface area contributed by atoms with Gasteiger partial charge in [-0.3, -0.25) is 4.72 Å². The second-order valence-electron chi connectivity index (χ2n) is 1.32. The van der Waals surface area contributed by atoms with Crippen molar-refractivity contribution in [2.75, 3.05) is 5.94 Å². The summed E-state index contributed by atoms with van der Waals surface area (Å²) in [5.41, 5.74) is 0. The van der Waals surface area contributed by atoms with Gasteiger partial charge in [0.25, 0.3) is 10.0 Å². The minimum Gasteiger partial charge on any atom is -0.482 e. The molecule has 0 atom stereocenters. The maximum Gasteiger partial charge on any atom is 0.267 e. The van der Waals surface area contributed by atoms with Crippen molar-refractivity contribution in [2.24, 2.45) is 0 Å². The molecule has 0 aliphatic carbocycles. The molecule has 8 heavy (non-hydrogen) atoms. The van der Waals surface area contributed by atoms with Crippen molar-refractivity contribution in [3.8, 4) is 0 Å². The third-order valence-corrected chi connectivity index (χ3v) is 1.58. The van der Waals surface area contributed by atoms with E-state index in [9.17, 15) is 8.42 Å².